The quantitative estimate of drug-likeness (QED) is 0.555. The van der Waals surface area contributed by atoms with Crippen molar-refractivity contribution < 1.29 is 4.79 Å². The van der Waals surface area contributed by atoms with Crippen LogP contribution >= 0.6 is 11.8 Å². The van der Waals surface area contributed by atoms with Crippen molar-refractivity contribution in [3.05, 3.63) is 48.6 Å². The SMILES string of the molecule is C=CC(=O)NCCSCCN(C)Cc1ccccc1. The van der Waals surface area contributed by atoms with E-state index in [-0.39, 0.29) is 5.91 Å². The van der Waals surface area contributed by atoms with Crippen LogP contribution in [0.5, 0.6) is 0 Å². The van der Waals surface area contributed by atoms with Gasteiger partial charge in [0.25, 0.3) is 0 Å². The molecule has 1 rings (SSSR count). The fourth-order valence-electron chi connectivity index (χ4n) is 1.62. The number of hydrogen-bond acceptors (Lipinski definition) is 3. The van der Waals surface area contributed by atoms with Crippen molar-refractivity contribution in [2.45, 2.75) is 6.54 Å². The zero-order valence-corrected chi connectivity index (χ0v) is 12.3. The highest BCUT2D eigenvalue weighted by atomic mass is 32.2. The Kier molecular flexibility index (Phi) is 8.02. The molecule has 19 heavy (non-hydrogen) atoms. The summed E-state index contributed by atoms with van der Waals surface area (Å²) in [5.41, 5.74) is 1.34. The lowest BCUT2D eigenvalue weighted by Crippen LogP contribution is -2.24. The zero-order valence-electron chi connectivity index (χ0n) is 11.5. The third kappa shape index (κ3) is 7.70. The Labute approximate surface area is 120 Å². The van der Waals surface area contributed by atoms with Gasteiger partial charge in [0.05, 0.1) is 0 Å². The topological polar surface area (TPSA) is 32.3 Å². The van der Waals surface area contributed by atoms with Crippen LogP contribution in [0.3, 0.4) is 0 Å². The smallest absolute Gasteiger partial charge is 0.243 e. The molecule has 0 atom stereocenters. The maximum Gasteiger partial charge on any atom is 0.243 e. The van der Waals surface area contributed by atoms with Gasteiger partial charge in [0.15, 0.2) is 0 Å². The van der Waals surface area contributed by atoms with Crippen LogP contribution in [0.4, 0.5) is 0 Å². The molecule has 0 spiro atoms. The number of hydrogen-bond donors (Lipinski definition) is 1. The molecule has 1 amide bonds. The van der Waals surface area contributed by atoms with Crippen LogP contribution in [-0.2, 0) is 11.3 Å². The first-order valence-corrected chi connectivity index (χ1v) is 7.58. The molecule has 0 aliphatic heterocycles. The number of nitrogens with zero attached hydrogens (tertiary/aromatic N) is 1. The predicted molar refractivity (Wildman–Crippen MR) is 83.3 cm³/mol. The summed E-state index contributed by atoms with van der Waals surface area (Å²) in [5.74, 6) is 1.92. The minimum Gasteiger partial charge on any atom is -0.352 e. The number of carbonyl (C=O) groups is 1. The van der Waals surface area contributed by atoms with Crippen LogP contribution in [0, 0.1) is 0 Å². The molecule has 104 valence electrons. The fraction of sp³-hybridized carbons (Fsp3) is 0.400. The molecule has 0 bridgehead atoms. The van der Waals surface area contributed by atoms with Crippen LogP contribution in [0.25, 0.3) is 0 Å². The molecular weight excluding hydrogens is 256 g/mol. The fourth-order valence-corrected chi connectivity index (χ4v) is 2.51. The van der Waals surface area contributed by atoms with Crippen molar-refractivity contribution in [1.82, 2.24) is 10.2 Å². The highest BCUT2D eigenvalue weighted by molar-refractivity contribution is 7.99. The van der Waals surface area contributed by atoms with Crippen LogP contribution in [0.2, 0.25) is 0 Å². The Balaban J connectivity index is 2.03. The van der Waals surface area contributed by atoms with Gasteiger partial charge in [0.1, 0.15) is 0 Å². The number of rotatable bonds is 9. The minimum atomic E-state index is -0.0956. The van der Waals surface area contributed by atoms with Crippen molar-refractivity contribution in [1.29, 1.82) is 0 Å². The lowest BCUT2D eigenvalue weighted by Gasteiger charge is -2.16. The van der Waals surface area contributed by atoms with Gasteiger partial charge in [-0.1, -0.05) is 36.9 Å². The predicted octanol–water partition coefficient (Wildman–Crippen LogP) is 2.15. The van der Waals surface area contributed by atoms with Gasteiger partial charge in [-0.25, -0.2) is 0 Å². The Morgan fingerprint density at radius 3 is 2.79 bits per heavy atom. The molecule has 0 saturated carbocycles. The van der Waals surface area contributed by atoms with Gasteiger partial charge < -0.3 is 10.2 Å². The van der Waals surface area contributed by atoms with Gasteiger partial charge in [-0.15, -0.1) is 0 Å². The van der Waals surface area contributed by atoms with Crippen LogP contribution in [-0.4, -0.2) is 42.4 Å². The summed E-state index contributed by atoms with van der Waals surface area (Å²) in [6, 6.07) is 10.5. The van der Waals surface area contributed by atoms with Gasteiger partial charge in [0.2, 0.25) is 5.91 Å². The van der Waals surface area contributed by atoms with E-state index in [4.69, 9.17) is 0 Å². The summed E-state index contributed by atoms with van der Waals surface area (Å²) in [6.07, 6.45) is 1.30. The van der Waals surface area contributed by atoms with Crippen molar-refractivity contribution in [2.75, 3.05) is 31.6 Å². The average Bonchev–Trinajstić information content (AvgIpc) is 2.43. The first-order valence-electron chi connectivity index (χ1n) is 6.43. The Bertz CT molecular complexity index is 381. The molecule has 1 aromatic rings. The second-order valence-electron chi connectivity index (χ2n) is 4.33. The first kappa shape index (κ1) is 15.8. The molecule has 0 aliphatic rings. The highest BCUT2D eigenvalue weighted by Gasteiger charge is 2.00. The van der Waals surface area contributed by atoms with Crippen molar-refractivity contribution in [2.24, 2.45) is 0 Å². The van der Waals surface area contributed by atoms with E-state index in [1.165, 1.54) is 11.6 Å². The summed E-state index contributed by atoms with van der Waals surface area (Å²) in [4.78, 5) is 13.2. The average molecular weight is 278 g/mol. The van der Waals surface area contributed by atoms with Crippen LogP contribution in [0.15, 0.2) is 43.0 Å². The molecule has 1 N–H and O–H groups in total. The second-order valence-corrected chi connectivity index (χ2v) is 5.56. The van der Waals surface area contributed by atoms with E-state index >= 15 is 0 Å². The molecule has 0 saturated heterocycles. The molecule has 0 radical (unpaired) electrons. The van der Waals surface area contributed by atoms with E-state index in [0.717, 1.165) is 24.6 Å². The van der Waals surface area contributed by atoms with E-state index in [1.807, 2.05) is 17.8 Å². The van der Waals surface area contributed by atoms with Gasteiger partial charge in [-0.2, -0.15) is 11.8 Å². The lowest BCUT2D eigenvalue weighted by atomic mass is 10.2. The number of amides is 1. The molecule has 0 aromatic heterocycles. The number of carbonyl (C=O) groups excluding carboxylic acids is 1. The van der Waals surface area contributed by atoms with Gasteiger partial charge in [-0.05, 0) is 18.7 Å². The van der Waals surface area contributed by atoms with Crippen molar-refractivity contribution in [3.8, 4) is 0 Å². The Morgan fingerprint density at radius 1 is 1.37 bits per heavy atom. The van der Waals surface area contributed by atoms with Crippen molar-refractivity contribution in [3.63, 3.8) is 0 Å². The summed E-state index contributed by atoms with van der Waals surface area (Å²) >= 11 is 1.85. The summed E-state index contributed by atoms with van der Waals surface area (Å²) in [5, 5.41) is 2.77. The second kappa shape index (κ2) is 9.64. The molecule has 0 unspecified atom stereocenters. The third-order valence-electron chi connectivity index (χ3n) is 2.64. The number of benzene rings is 1. The first-order chi connectivity index (χ1) is 9.22. The molecule has 0 heterocycles. The largest absolute Gasteiger partial charge is 0.352 e. The van der Waals surface area contributed by atoms with E-state index < -0.39 is 0 Å². The lowest BCUT2D eigenvalue weighted by molar-refractivity contribution is -0.116. The number of nitrogens with one attached hydrogen (secondary N) is 1. The maximum absolute atomic E-state index is 10.9. The molecule has 4 heteroatoms. The number of thioether (sulfide) groups is 1. The molecule has 0 aliphatic carbocycles. The van der Waals surface area contributed by atoms with E-state index in [0.29, 0.717) is 6.54 Å². The van der Waals surface area contributed by atoms with Crippen molar-refractivity contribution >= 4 is 17.7 Å². The zero-order chi connectivity index (χ0) is 13.9. The Morgan fingerprint density at radius 2 is 2.11 bits per heavy atom. The molecule has 1 aromatic carbocycles. The monoisotopic (exact) mass is 278 g/mol. The standard InChI is InChI=1S/C15H22N2OS/c1-3-15(18)16-9-11-19-12-10-17(2)13-14-7-5-4-6-8-14/h3-8H,1,9-13H2,2H3,(H,16,18). The van der Waals surface area contributed by atoms with E-state index in [1.54, 1.807) is 0 Å². The highest BCUT2D eigenvalue weighted by Crippen LogP contribution is 2.04. The third-order valence-corrected chi connectivity index (χ3v) is 3.61. The van der Waals surface area contributed by atoms with E-state index in [2.05, 4.69) is 48.1 Å². The van der Waals surface area contributed by atoms with Gasteiger partial charge in [-0.3, -0.25) is 4.79 Å². The molecular formula is C15H22N2OS. The maximum atomic E-state index is 10.9. The summed E-state index contributed by atoms with van der Waals surface area (Å²) in [6.45, 7) is 6.15. The summed E-state index contributed by atoms with van der Waals surface area (Å²) in [7, 11) is 2.13. The normalized spacial score (nSPS) is 10.4. The minimum absolute atomic E-state index is 0.0956. The Hall–Kier alpha value is -1.26. The van der Waals surface area contributed by atoms with Crippen LogP contribution in [0.1, 0.15) is 5.56 Å². The summed E-state index contributed by atoms with van der Waals surface area (Å²) < 4.78 is 0. The van der Waals surface area contributed by atoms with E-state index in [9.17, 15) is 4.79 Å². The molecule has 0 fully saturated rings. The van der Waals surface area contributed by atoms with Gasteiger partial charge in [0, 0.05) is 31.1 Å². The van der Waals surface area contributed by atoms with Gasteiger partial charge >= 0.3 is 0 Å². The molecule has 3 nitrogen and oxygen atoms in total. The van der Waals surface area contributed by atoms with Crippen LogP contribution < -0.4 is 5.32 Å².